The van der Waals surface area contributed by atoms with E-state index in [0.717, 1.165) is 38.5 Å². The van der Waals surface area contributed by atoms with E-state index in [1.165, 1.54) is 0 Å². The van der Waals surface area contributed by atoms with Crippen LogP contribution in [0, 0.1) is 0 Å². The zero-order valence-electron chi connectivity index (χ0n) is 10.9. The van der Waals surface area contributed by atoms with Crippen molar-refractivity contribution < 1.29 is 36.6 Å². The van der Waals surface area contributed by atoms with Gasteiger partial charge in [0, 0.05) is 12.2 Å². The molecule has 0 radical (unpaired) electrons. The van der Waals surface area contributed by atoms with Crippen molar-refractivity contribution in [1.29, 1.82) is 0 Å². The maximum Gasteiger partial charge on any atom is 1.00 e. The Balaban J connectivity index is 0. The SMILES string of the molecule is CC(=O)CCCCCCCCCS(=O)(=O)[O-].[Li+]. The van der Waals surface area contributed by atoms with Crippen LogP contribution in [0.25, 0.3) is 0 Å². The van der Waals surface area contributed by atoms with E-state index in [-0.39, 0.29) is 30.4 Å². The Kier molecular flexibility index (Phi) is 12.9. The van der Waals surface area contributed by atoms with Crippen LogP contribution < -0.4 is 18.9 Å². The van der Waals surface area contributed by atoms with Crippen LogP contribution in [0.3, 0.4) is 0 Å². The van der Waals surface area contributed by atoms with Gasteiger partial charge in [0.05, 0.1) is 10.1 Å². The van der Waals surface area contributed by atoms with Crippen molar-refractivity contribution >= 4 is 15.9 Å². The van der Waals surface area contributed by atoms with E-state index in [9.17, 15) is 17.8 Å². The zero-order valence-corrected chi connectivity index (χ0v) is 11.7. The number of carbonyl (C=O) groups excluding carboxylic acids is 1. The summed E-state index contributed by atoms with van der Waals surface area (Å²) in [5, 5.41) is 0. The monoisotopic (exact) mass is 256 g/mol. The fourth-order valence-corrected chi connectivity index (χ4v) is 2.09. The first kappa shape index (κ1) is 19.5. The molecule has 0 atom stereocenters. The van der Waals surface area contributed by atoms with Gasteiger partial charge in [0.25, 0.3) is 0 Å². The molecule has 0 bridgehead atoms. The number of hydrogen-bond acceptors (Lipinski definition) is 4. The predicted molar refractivity (Wildman–Crippen MR) is 62.2 cm³/mol. The number of rotatable bonds is 10. The summed E-state index contributed by atoms with van der Waals surface area (Å²) in [5.74, 6) is -0.00204. The molecule has 0 rings (SSSR count). The summed E-state index contributed by atoms with van der Waals surface area (Å²) >= 11 is 0. The molecule has 0 saturated heterocycles. The number of carbonyl (C=O) groups is 1. The molecule has 4 nitrogen and oxygen atoms in total. The van der Waals surface area contributed by atoms with Crippen molar-refractivity contribution in [3.8, 4) is 0 Å². The largest absolute Gasteiger partial charge is 1.00 e. The van der Waals surface area contributed by atoms with Gasteiger partial charge in [-0.25, -0.2) is 8.42 Å². The minimum atomic E-state index is -4.02. The van der Waals surface area contributed by atoms with Crippen LogP contribution in [-0.2, 0) is 14.9 Å². The summed E-state index contributed by atoms with van der Waals surface area (Å²) in [6.07, 6.45) is 7.04. The van der Waals surface area contributed by atoms with Crippen molar-refractivity contribution in [3.05, 3.63) is 0 Å². The molecule has 0 spiro atoms. The van der Waals surface area contributed by atoms with Crippen molar-refractivity contribution in [2.24, 2.45) is 0 Å². The van der Waals surface area contributed by atoms with Crippen molar-refractivity contribution in [1.82, 2.24) is 0 Å². The van der Waals surface area contributed by atoms with Gasteiger partial charge in [0.2, 0.25) is 0 Å². The maximum atomic E-state index is 10.6. The first-order valence-corrected chi connectivity index (χ1v) is 7.42. The Morgan fingerprint density at radius 1 is 0.941 bits per heavy atom. The topological polar surface area (TPSA) is 74.3 Å². The van der Waals surface area contributed by atoms with Gasteiger partial charge >= 0.3 is 18.9 Å². The average Bonchev–Trinajstić information content (AvgIpc) is 2.13. The van der Waals surface area contributed by atoms with E-state index in [0.29, 0.717) is 12.8 Å². The van der Waals surface area contributed by atoms with Gasteiger partial charge in [-0.05, 0) is 19.8 Å². The average molecular weight is 256 g/mol. The molecular weight excluding hydrogens is 235 g/mol. The fourth-order valence-electron chi connectivity index (χ4n) is 1.54. The number of Topliss-reactive ketones (excluding diaryl/α,β-unsaturated/α-hetero) is 1. The summed E-state index contributed by atoms with van der Waals surface area (Å²) < 4.78 is 30.8. The summed E-state index contributed by atoms with van der Waals surface area (Å²) in [6, 6.07) is 0. The van der Waals surface area contributed by atoms with Gasteiger partial charge in [-0.3, -0.25) is 0 Å². The van der Waals surface area contributed by atoms with Crippen LogP contribution >= 0.6 is 0 Å². The fraction of sp³-hybridized carbons (Fsp3) is 0.909. The Bertz CT molecular complexity index is 288. The van der Waals surface area contributed by atoms with Crippen LogP contribution in [0.2, 0.25) is 0 Å². The van der Waals surface area contributed by atoms with Gasteiger partial charge in [-0.15, -0.1) is 0 Å². The van der Waals surface area contributed by atoms with Crippen molar-refractivity contribution in [3.63, 3.8) is 0 Å². The normalized spacial score (nSPS) is 10.9. The molecule has 0 aromatic carbocycles. The molecule has 0 heterocycles. The second-order valence-electron chi connectivity index (χ2n) is 4.19. The zero-order chi connectivity index (χ0) is 12.4. The molecule has 0 aromatic rings. The Hall–Kier alpha value is 0.177. The third-order valence-electron chi connectivity index (χ3n) is 2.42. The second-order valence-corrected chi connectivity index (χ2v) is 5.71. The van der Waals surface area contributed by atoms with E-state index < -0.39 is 10.1 Å². The summed E-state index contributed by atoms with van der Waals surface area (Å²) in [6.45, 7) is 1.60. The molecule has 0 fully saturated rings. The molecule has 0 aliphatic carbocycles. The molecule has 0 aliphatic rings. The number of hydrogen-bond donors (Lipinski definition) is 0. The van der Waals surface area contributed by atoms with Gasteiger partial charge in [0.15, 0.2) is 0 Å². The molecule has 0 N–H and O–H groups in total. The standard InChI is InChI=1S/C11H22O4S.Li/c1-11(12)9-7-5-3-2-4-6-8-10-16(13,14)15;/h2-10H2,1H3,(H,13,14,15);/q;+1/p-1. The number of unbranched alkanes of at least 4 members (excludes halogenated alkanes) is 6. The molecule has 0 amide bonds. The van der Waals surface area contributed by atoms with E-state index in [4.69, 9.17) is 0 Å². The predicted octanol–water partition coefficient (Wildman–Crippen LogP) is -0.755. The first-order valence-electron chi connectivity index (χ1n) is 5.85. The van der Waals surface area contributed by atoms with Crippen LogP contribution in [0.1, 0.15) is 58.3 Å². The van der Waals surface area contributed by atoms with E-state index in [2.05, 4.69) is 0 Å². The van der Waals surface area contributed by atoms with Gasteiger partial charge in [-0.2, -0.15) is 0 Å². The summed E-state index contributed by atoms with van der Waals surface area (Å²) in [7, 11) is -4.02. The molecule has 0 aliphatic heterocycles. The Labute approximate surface area is 116 Å². The summed E-state index contributed by atoms with van der Waals surface area (Å²) in [4.78, 5) is 10.6. The van der Waals surface area contributed by atoms with E-state index >= 15 is 0 Å². The Morgan fingerprint density at radius 3 is 1.76 bits per heavy atom. The molecule has 0 aromatic heterocycles. The number of ketones is 1. The minimum absolute atomic E-state index is 0. The van der Waals surface area contributed by atoms with Crippen LogP contribution in [0.5, 0.6) is 0 Å². The molecular formula is C11H21LiO4S. The van der Waals surface area contributed by atoms with Crippen molar-refractivity contribution in [2.45, 2.75) is 58.3 Å². The van der Waals surface area contributed by atoms with Crippen molar-refractivity contribution in [2.75, 3.05) is 5.75 Å². The van der Waals surface area contributed by atoms with Gasteiger partial charge < -0.3 is 9.35 Å². The van der Waals surface area contributed by atoms with Crippen LogP contribution in [0.15, 0.2) is 0 Å². The first-order chi connectivity index (χ1) is 7.42. The molecule has 0 saturated carbocycles. The van der Waals surface area contributed by atoms with E-state index in [1.54, 1.807) is 6.92 Å². The molecule has 0 unspecified atom stereocenters. The third kappa shape index (κ3) is 18.7. The van der Waals surface area contributed by atoms with Crippen LogP contribution in [-0.4, -0.2) is 24.5 Å². The van der Waals surface area contributed by atoms with Crippen LogP contribution in [0.4, 0.5) is 0 Å². The molecule has 96 valence electrons. The minimum Gasteiger partial charge on any atom is -0.748 e. The quantitative estimate of drug-likeness (QED) is 0.293. The Morgan fingerprint density at radius 2 is 1.35 bits per heavy atom. The second kappa shape index (κ2) is 11.3. The van der Waals surface area contributed by atoms with Gasteiger partial charge in [0.1, 0.15) is 5.78 Å². The molecule has 6 heteroatoms. The smallest absolute Gasteiger partial charge is 0.748 e. The molecule has 17 heavy (non-hydrogen) atoms. The summed E-state index contributed by atoms with van der Waals surface area (Å²) in [5.41, 5.74) is 0. The maximum absolute atomic E-state index is 10.6. The third-order valence-corrected chi connectivity index (χ3v) is 3.21. The van der Waals surface area contributed by atoms with E-state index in [1.807, 2.05) is 0 Å². The van der Waals surface area contributed by atoms with Gasteiger partial charge in [-0.1, -0.05) is 32.1 Å².